The number of nitrogens with one attached hydrogen (secondary N) is 2. The number of aromatic nitrogens is 4. The average molecular weight is 345 g/mol. The average Bonchev–Trinajstić information content (AvgIpc) is 3.32. The number of esters is 1. The molecule has 0 aromatic carbocycles. The minimum atomic E-state index is -0.612. The molecule has 2 N–H and O–H groups in total. The van der Waals surface area contributed by atoms with Gasteiger partial charge in [0.25, 0.3) is 5.91 Å². The first kappa shape index (κ1) is 15.9. The summed E-state index contributed by atoms with van der Waals surface area (Å²) in [5.41, 5.74) is 1.32. The molecular weight excluding hydrogens is 330 g/mol. The van der Waals surface area contributed by atoms with Gasteiger partial charge in [0.1, 0.15) is 0 Å². The Morgan fingerprint density at radius 2 is 2.29 bits per heavy atom. The molecule has 0 atom stereocenters. The molecule has 3 heterocycles. The van der Waals surface area contributed by atoms with Gasteiger partial charge in [-0.15, -0.1) is 11.3 Å². The standard InChI is InChI=1S/C15H15N5O3S/c1-3-20-8-11(13(19-20)15(22)23-2)16-14(21)10-7-9(17-18-10)12-5-4-6-24-12/h4-8H,3H2,1-2H3,(H,16,21)(H,17,18). The van der Waals surface area contributed by atoms with Gasteiger partial charge in [0, 0.05) is 12.7 Å². The highest BCUT2D eigenvalue weighted by atomic mass is 32.1. The SMILES string of the molecule is CCn1cc(NC(=O)c2cc(-c3cccs3)[nH]n2)c(C(=O)OC)n1. The first-order valence-electron chi connectivity index (χ1n) is 7.18. The second-order valence-electron chi connectivity index (χ2n) is 4.84. The van der Waals surface area contributed by atoms with Gasteiger partial charge in [-0.3, -0.25) is 14.6 Å². The number of hydrogen-bond donors (Lipinski definition) is 2. The number of rotatable bonds is 5. The Balaban J connectivity index is 1.82. The van der Waals surface area contributed by atoms with Gasteiger partial charge < -0.3 is 10.1 Å². The smallest absolute Gasteiger partial charge is 0.360 e. The van der Waals surface area contributed by atoms with E-state index in [2.05, 4.69) is 25.3 Å². The summed E-state index contributed by atoms with van der Waals surface area (Å²) < 4.78 is 6.23. The lowest BCUT2D eigenvalue weighted by Gasteiger charge is -2.01. The maximum Gasteiger partial charge on any atom is 0.360 e. The van der Waals surface area contributed by atoms with Crippen molar-refractivity contribution < 1.29 is 14.3 Å². The number of thiophene rings is 1. The minimum absolute atomic E-state index is 0.0571. The predicted octanol–water partition coefficient (Wildman–Crippen LogP) is 2.39. The van der Waals surface area contributed by atoms with Gasteiger partial charge >= 0.3 is 5.97 Å². The van der Waals surface area contributed by atoms with Crippen LogP contribution in [0.4, 0.5) is 5.69 Å². The number of aryl methyl sites for hydroxylation is 1. The lowest BCUT2D eigenvalue weighted by atomic mass is 10.3. The molecule has 0 saturated carbocycles. The van der Waals surface area contributed by atoms with E-state index >= 15 is 0 Å². The van der Waals surface area contributed by atoms with Crippen molar-refractivity contribution in [3.8, 4) is 10.6 Å². The number of hydrogen-bond acceptors (Lipinski definition) is 6. The first-order chi connectivity index (χ1) is 11.6. The van der Waals surface area contributed by atoms with Crippen LogP contribution in [0.3, 0.4) is 0 Å². The van der Waals surface area contributed by atoms with Gasteiger partial charge in [-0.05, 0) is 24.4 Å². The van der Waals surface area contributed by atoms with Gasteiger partial charge in [-0.2, -0.15) is 10.2 Å². The van der Waals surface area contributed by atoms with E-state index < -0.39 is 11.9 Å². The molecule has 3 rings (SSSR count). The number of carbonyl (C=O) groups is 2. The lowest BCUT2D eigenvalue weighted by molar-refractivity contribution is 0.0594. The van der Waals surface area contributed by atoms with Gasteiger partial charge in [0.15, 0.2) is 11.4 Å². The van der Waals surface area contributed by atoms with Crippen molar-refractivity contribution in [3.63, 3.8) is 0 Å². The summed E-state index contributed by atoms with van der Waals surface area (Å²) in [6.07, 6.45) is 1.58. The second kappa shape index (κ2) is 6.67. The Morgan fingerprint density at radius 3 is 2.96 bits per heavy atom. The van der Waals surface area contributed by atoms with E-state index in [1.54, 1.807) is 28.3 Å². The van der Waals surface area contributed by atoms with Crippen molar-refractivity contribution >= 4 is 28.9 Å². The van der Waals surface area contributed by atoms with Crippen molar-refractivity contribution in [1.29, 1.82) is 0 Å². The highest BCUT2D eigenvalue weighted by molar-refractivity contribution is 7.13. The molecule has 1 amide bonds. The zero-order chi connectivity index (χ0) is 17.1. The van der Waals surface area contributed by atoms with E-state index in [0.717, 1.165) is 10.6 Å². The van der Waals surface area contributed by atoms with E-state index in [0.29, 0.717) is 6.54 Å². The van der Waals surface area contributed by atoms with Crippen LogP contribution in [-0.2, 0) is 11.3 Å². The molecular formula is C15H15N5O3S. The van der Waals surface area contributed by atoms with Crippen LogP contribution in [-0.4, -0.2) is 39.0 Å². The van der Waals surface area contributed by atoms with Crippen molar-refractivity contribution in [2.45, 2.75) is 13.5 Å². The second-order valence-corrected chi connectivity index (χ2v) is 5.78. The molecule has 0 aliphatic rings. The Hall–Kier alpha value is -2.94. The zero-order valence-corrected chi connectivity index (χ0v) is 13.9. The molecule has 3 aromatic rings. The number of carbonyl (C=O) groups excluding carboxylic acids is 2. The molecule has 0 saturated heterocycles. The van der Waals surface area contributed by atoms with Crippen LogP contribution < -0.4 is 5.32 Å². The molecule has 0 spiro atoms. The van der Waals surface area contributed by atoms with Crippen molar-refractivity contribution in [2.24, 2.45) is 0 Å². The van der Waals surface area contributed by atoms with E-state index in [1.165, 1.54) is 7.11 Å². The topological polar surface area (TPSA) is 102 Å². The van der Waals surface area contributed by atoms with E-state index in [4.69, 9.17) is 0 Å². The molecule has 0 fully saturated rings. The molecule has 0 aliphatic heterocycles. The lowest BCUT2D eigenvalue weighted by Crippen LogP contribution is -2.15. The number of aromatic amines is 1. The number of H-pyrrole nitrogens is 1. The molecule has 0 aliphatic carbocycles. The van der Waals surface area contributed by atoms with Crippen LogP contribution in [0.15, 0.2) is 29.8 Å². The molecule has 0 bridgehead atoms. The van der Waals surface area contributed by atoms with Crippen LogP contribution in [0.25, 0.3) is 10.6 Å². The number of ether oxygens (including phenoxy) is 1. The Kier molecular flexibility index (Phi) is 4.43. The fourth-order valence-electron chi connectivity index (χ4n) is 2.10. The van der Waals surface area contributed by atoms with Crippen LogP contribution in [0, 0.1) is 0 Å². The number of anilines is 1. The highest BCUT2D eigenvalue weighted by Gasteiger charge is 2.20. The first-order valence-corrected chi connectivity index (χ1v) is 8.06. The number of nitrogens with zero attached hydrogens (tertiary/aromatic N) is 3. The predicted molar refractivity (Wildman–Crippen MR) is 89.1 cm³/mol. The third kappa shape index (κ3) is 3.06. The molecule has 124 valence electrons. The monoisotopic (exact) mass is 345 g/mol. The van der Waals surface area contributed by atoms with Crippen LogP contribution in [0.5, 0.6) is 0 Å². The summed E-state index contributed by atoms with van der Waals surface area (Å²) in [6.45, 7) is 2.44. The summed E-state index contributed by atoms with van der Waals surface area (Å²) in [5.74, 6) is -1.05. The quantitative estimate of drug-likeness (QED) is 0.691. The Morgan fingerprint density at radius 1 is 1.46 bits per heavy atom. The van der Waals surface area contributed by atoms with Crippen LogP contribution >= 0.6 is 11.3 Å². The van der Waals surface area contributed by atoms with Gasteiger partial charge in [-0.25, -0.2) is 4.79 Å². The molecule has 0 unspecified atom stereocenters. The maximum atomic E-state index is 12.4. The highest BCUT2D eigenvalue weighted by Crippen LogP contribution is 2.23. The molecule has 0 radical (unpaired) electrons. The summed E-state index contributed by atoms with van der Waals surface area (Å²) >= 11 is 1.54. The van der Waals surface area contributed by atoms with Gasteiger partial charge in [0.2, 0.25) is 0 Å². The molecule has 9 heteroatoms. The largest absolute Gasteiger partial charge is 0.464 e. The third-order valence-corrected chi connectivity index (χ3v) is 4.21. The summed E-state index contributed by atoms with van der Waals surface area (Å²) in [4.78, 5) is 25.1. The molecule has 3 aromatic heterocycles. The summed E-state index contributed by atoms with van der Waals surface area (Å²) in [7, 11) is 1.26. The fraction of sp³-hybridized carbons (Fsp3) is 0.200. The van der Waals surface area contributed by atoms with Crippen molar-refractivity contribution in [1.82, 2.24) is 20.0 Å². The van der Waals surface area contributed by atoms with E-state index in [9.17, 15) is 9.59 Å². The molecule has 8 nitrogen and oxygen atoms in total. The van der Waals surface area contributed by atoms with Gasteiger partial charge in [-0.1, -0.05) is 6.07 Å². The maximum absolute atomic E-state index is 12.4. The van der Waals surface area contributed by atoms with Gasteiger partial charge in [0.05, 0.1) is 23.4 Å². The third-order valence-electron chi connectivity index (χ3n) is 3.31. The molecule has 24 heavy (non-hydrogen) atoms. The minimum Gasteiger partial charge on any atom is -0.464 e. The fourth-order valence-corrected chi connectivity index (χ4v) is 2.80. The summed E-state index contributed by atoms with van der Waals surface area (Å²) in [6, 6.07) is 5.51. The van der Waals surface area contributed by atoms with E-state index in [-0.39, 0.29) is 17.1 Å². The number of methoxy groups -OCH3 is 1. The van der Waals surface area contributed by atoms with E-state index in [1.807, 2.05) is 24.4 Å². The van der Waals surface area contributed by atoms with Crippen molar-refractivity contribution in [3.05, 3.63) is 41.2 Å². The normalized spacial score (nSPS) is 10.6. The van der Waals surface area contributed by atoms with Crippen LogP contribution in [0.2, 0.25) is 0 Å². The Labute approximate surface area is 141 Å². The Bertz CT molecular complexity index is 866. The van der Waals surface area contributed by atoms with Crippen LogP contribution in [0.1, 0.15) is 27.9 Å². The van der Waals surface area contributed by atoms with Crippen molar-refractivity contribution in [2.75, 3.05) is 12.4 Å². The zero-order valence-electron chi connectivity index (χ0n) is 13.1. The summed E-state index contributed by atoms with van der Waals surface area (Å²) in [5, 5.41) is 15.5. The number of amides is 1.